The van der Waals surface area contributed by atoms with Crippen LogP contribution in [0.1, 0.15) is 17.0 Å². The highest BCUT2D eigenvalue weighted by Crippen LogP contribution is 2.30. The van der Waals surface area contributed by atoms with Gasteiger partial charge in [-0.05, 0) is 42.0 Å². The number of para-hydroxylation sites is 1. The van der Waals surface area contributed by atoms with Crippen LogP contribution in [0, 0.1) is 21.8 Å². The van der Waals surface area contributed by atoms with Gasteiger partial charge >= 0.3 is 5.69 Å². The molecule has 35 heavy (non-hydrogen) atoms. The third-order valence-electron chi connectivity index (χ3n) is 5.85. The molecule has 0 saturated carbocycles. The Morgan fingerprint density at radius 3 is 2.69 bits per heavy atom. The van der Waals surface area contributed by atoms with E-state index in [0.29, 0.717) is 12.1 Å². The van der Waals surface area contributed by atoms with Gasteiger partial charge in [0.25, 0.3) is 0 Å². The van der Waals surface area contributed by atoms with Gasteiger partial charge in [0.2, 0.25) is 17.6 Å². The van der Waals surface area contributed by atoms with E-state index in [0.717, 1.165) is 32.9 Å². The standard InChI is InChI=1S/C25H19FN4O4S/c26-19-10-9-18(13-21(19)30(33)34)29-14-16(12-24(29)31)25(32)27-17-7-5-15(6-8-17)11-23-28-20-3-1-2-4-22(20)35-23/h1-10,13,16H,11-12,14H2,(H,27,32). The lowest BCUT2D eigenvalue weighted by Gasteiger charge is -2.16. The molecule has 5 rings (SSSR count). The van der Waals surface area contributed by atoms with Crippen LogP contribution >= 0.6 is 11.3 Å². The average molecular weight is 491 g/mol. The van der Waals surface area contributed by atoms with E-state index < -0.39 is 22.3 Å². The van der Waals surface area contributed by atoms with E-state index in [1.54, 1.807) is 23.5 Å². The predicted octanol–water partition coefficient (Wildman–Crippen LogP) is 4.93. The Balaban J connectivity index is 1.22. The summed E-state index contributed by atoms with van der Waals surface area (Å²) in [6, 6.07) is 18.7. The average Bonchev–Trinajstić information content (AvgIpc) is 3.43. The smallest absolute Gasteiger partial charge is 0.306 e. The molecule has 0 aliphatic carbocycles. The van der Waals surface area contributed by atoms with E-state index in [2.05, 4.69) is 10.3 Å². The van der Waals surface area contributed by atoms with Gasteiger partial charge in [-0.1, -0.05) is 24.3 Å². The Bertz CT molecular complexity index is 1420. The van der Waals surface area contributed by atoms with E-state index in [1.807, 2.05) is 36.4 Å². The molecule has 1 fully saturated rings. The lowest BCUT2D eigenvalue weighted by molar-refractivity contribution is -0.387. The molecule has 10 heteroatoms. The number of carbonyl (C=O) groups excluding carboxylic acids is 2. The van der Waals surface area contributed by atoms with Crippen molar-refractivity contribution >= 4 is 50.4 Å². The number of amides is 2. The Labute approximate surface area is 203 Å². The number of aromatic nitrogens is 1. The molecule has 1 aliphatic rings. The lowest BCUT2D eigenvalue weighted by atomic mass is 10.1. The Morgan fingerprint density at radius 2 is 1.94 bits per heavy atom. The van der Waals surface area contributed by atoms with Crippen molar-refractivity contribution in [2.45, 2.75) is 12.8 Å². The topological polar surface area (TPSA) is 105 Å². The number of fused-ring (bicyclic) bond motifs is 1. The minimum atomic E-state index is -0.980. The highest BCUT2D eigenvalue weighted by molar-refractivity contribution is 7.18. The summed E-state index contributed by atoms with van der Waals surface area (Å²) < 4.78 is 14.8. The van der Waals surface area contributed by atoms with Crippen LogP contribution in [0.3, 0.4) is 0 Å². The van der Waals surface area contributed by atoms with Crippen molar-refractivity contribution in [1.29, 1.82) is 0 Å². The van der Waals surface area contributed by atoms with Gasteiger partial charge in [-0.2, -0.15) is 4.39 Å². The van der Waals surface area contributed by atoms with Crippen molar-refractivity contribution in [3.05, 3.63) is 93.2 Å². The molecular formula is C25H19FN4O4S. The summed E-state index contributed by atoms with van der Waals surface area (Å²) in [4.78, 5) is 41.3. The summed E-state index contributed by atoms with van der Waals surface area (Å²) in [7, 11) is 0. The minimum Gasteiger partial charge on any atom is -0.326 e. The number of halogens is 1. The summed E-state index contributed by atoms with van der Waals surface area (Å²) in [6.45, 7) is 0.0587. The summed E-state index contributed by atoms with van der Waals surface area (Å²) in [5, 5.41) is 14.8. The number of thiazole rings is 1. The Hall–Kier alpha value is -4.18. The second-order valence-corrected chi connectivity index (χ2v) is 9.35. The maximum Gasteiger partial charge on any atom is 0.306 e. The zero-order valence-corrected chi connectivity index (χ0v) is 19.1. The number of hydrogen-bond acceptors (Lipinski definition) is 6. The number of nitro groups is 1. The molecule has 0 spiro atoms. The van der Waals surface area contributed by atoms with Gasteiger partial charge in [0, 0.05) is 31.1 Å². The monoisotopic (exact) mass is 490 g/mol. The molecule has 8 nitrogen and oxygen atoms in total. The molecule has 1 unspecified atom stereocenters. The lowest BCUT2D eigenvalue weighted by Crippen LogP contribution is -2.28. The molecule has 0 radical (unpaired) electrons. The van der Waals surface area contributed by atoms with Gasteiger partial charge in [-0.15, -0.1) is 11.3 Å². The molecular weight excluding hydrogens is 471 g/mol. The molecule has 2 heterocycles. The van der Waals surface area contributed by atoms with Gasteiger partial charge in [-0.25, -0.2) is 4.98 Å². The first-order chi connectivity index (χ1) is 16.9. The fourth-order valence-corrected chi connectivity index (χ4v) is 5.06. The van der Waals surface area contributed by atoms with Crippen molar-refractivity contribution in [3.8, 4) is 0 Å². The fraction of sp³-hybridized carbons (Fsp3) is 0.160. The van der Waals surface area contributed by atoms with Crippen molar-refractivity contribution in [2.75, 3.05) is 16.8 Å². The maximum atomic E-state index is 13.6. The summed E-state index contributed by atoms with van der Waals surface area (Å²) in [5.41, 5.74) is 2.12. The number of hydrogen-bond donors (Lipinski definition) is 1. The van der Waals surface area contributed by atoms with Gasteiger partial charge in [0.1, 0.15) is 0 Å². The SMILES string of the molecule is O=C(Nc1ccc(Cc2nc3ccccc3s2)cc1)C1CC(=O)N(c2ccc(F)c([N+](=O)[O-])c2)C1. The normalized spacial score (nSPS) is 15.5. The number of carbonyl (C=O) groups is 2. The van der Waals surface area contributed by atoms with Crippen molar-refractivity contribution in [3.63, 3.8) is 0 Å². The fourth-order valence-electron chi connectivity index (χ4n) is 4.06. The van der Waals surface area contributed by atoms with Crippen LogP contribution < -0.4 is 10.2 Å². The van der Waals surface area contributed by atoms with Crippen molar-refractivity contribution < 1.29 is 18.9 Å². The van der Waals surface area contributed by atoms with Crippen LogP contribution in [0.25, 0.3) is 10.2 Å². The minimum absolute atomic E-state index is 0.0350. The first-order valence-corrected chi connectivity index (χ1v) is 11.7. The quantitative estimate of drug-likeness (QED) is 0.305. The van der Waals surface area contributed by atoms with E-state index in [4.69, 9.17) is 0 Å². The zero-order chi connectivity index (χ0) is 24.5. The highest BCUT2D eigenvalue weighted by Gasteiger charge is 2.36. The van der Waals surface area contributed by atoms with E-state index in [1.165, 1.54) is 11.0 Å². The van der Waals surface area contributed by atoms with E-state index in [9.17, 15) is 24.1 Å². The molecule has 0 bridgehead atoms. The molecule has 176 valence electrons. The second kappa shape index (κ2) is 9.22. The third-order valence-corrected chi connectivity index (χ3v) is 6.89. The Kier molecular flexibility index (Phi) is 5.96. The molecule has 1 aliphatic heterocycles. The molecule has 1 aromatic heterocycles. The van der Waals surface area contributed by atoms with Gasteiger partial charge in [-0.3, -0.25) is 19.7 Å². The number of anilines is 2. The van der Waals surface area contributed by atoms with Crippen molar-refractivity contribution in [1.82, 2.24) is 4.98 Å². The van der Waals surface area contributed by atoms with Gasteiger partial charge in [0.05, 0.1) is 31.8 Å². The first-order valence-electron chi connectivity index (χ1n) is 10.9. The molecule has 2 amide bonds. The van der Waals surface area contributed by atoms with Crippen LogP contribution in [0.2, 0.25) is 0 Å². The number of rotatable bonds is 6. The highest BCUT2D eigenvalue weighted by atomic mass is 32.1. The van der Waals surface area contributed by atoms with Crippen molar-refractivity contribution in [2.24, 2.45) is 5.92 Å². The number of nitrogens with one attached hydrogen (secondary N) is 1. The predicted molar refractivity (Wildman–Crippen MR) is 131 cm³/mol. The molecule has 1 atom stereocenters. The summed E-state index contributed by atoms with van der Waals surface area (Å²) >= 11 is 1.65. The third kappa shape index (κ3) is 4.73. The van der Waals surface area contributed by atoms with E-state index in [-0.39, 0.29) is 30.5 Å². The van der Waals surface area contributed by atoms with Crippen LogP contribution in [0.4, 0.5) is 21.5 Å². The zero-order valence-electron chi connectivity index (χ0n) is 18.3. The van der Waals surface area contributed by atoms with Crippen LogP contribution in [-0.2, 0) is 16.0 Å². The van der Waals surface area contributed by atoms with Crippen LogP contribution in [-0.4, -0.2) is 28.3 Å². The number of nitrogens with zero attached hydrogens (tertiary/aromatic N) is 3. The molecule has 4 aromatic rings. The first kappa shape index (κ1) is 22.6. The second-order valence-electron chi connectivity index (χ2n) is 8.24. The summed E-state index contributed by atoms with van der Waals surface area (Å²) in [5.74, 6) is -2.28. The maximum absolute atomic E-state index is 13.6. The van der Waals surface area contributed by atoms with Gasteiger partial charge in [0.15, 0.2) is 0 Å². The van der Waals surface area contributed by atoms with Crippen LogP contribution in [0.15, 0.2) is 66.7 Å². The molecule has 3 aromatic carbocycles. The van der Waals surface area contributed by atoms with Crippen LogP contribution in [0.5, 0.6) is 0 Å². The summed E-state index contributed by atoms with van der Waals surface area (Å²) in [6.07, 6.45) is 0.649. The Morgan fingerprint density at radius 1 is 1.17 bits per heavy atom. The van der Waals surface area contributed by atoms with Gasteiger partial charge < -0.3 is 10.2 Å². The molecule has 1 saturated heterocycles. The van der Waals surface area contributed by atoms with E-state index >= 15 is 0 Å². The number of benzene rings is 3. The number of nitro benzene ring substituents is 1. The largest absolute Gasteiger partial charge is 0.326 e. The molecule has 1 N–H and O–H groups in total.